The van der Waals surface area contributed by atoms with Crippen LogP contribution >= 0.6 is 0 Å². The second-order valence-corrected chi connectivity index (χ2v) is 11.5. The van der Waals surface area contributed by atoms with Crippen molar-refractivity contribution in [1.29, 1.82) is 0 Å². The van der Waals surface area contributed by atoms with E-state index < -0.39 is 11.7 Å². The van der Waals surface area contributed by atoms with E-state index >= 15 is 4.39 Å². The van der Waals surface area contributed by atoms with Crippen LogP contribution in [0.3, 0.4) is 0 Å². The number of anilines is 3. The second-order valence-electron chi connectivity index (χ2n) is 11.5. The smallest absolute Gasteiger partial charge is 0.256 e. The number of halogens is 1. The molecule has 1 amide bonds. The van der Waals surface area contributed by atoms with Crippen molar-refractivity contribution in [2.24, 2.45) is 5.41 Å². The molecule has 4 aromatic rings. The number of morpholine rings is 1. The van der Waals surface area contributed by atoms with E-state index in [1.54, 1.807) is 24.5 Å². The van der Waals surface area contributed by atoms with Crippen LogP contribution in [0, 0.1) is 23.1 Å². The zero-order valence-electron chi connectivity index (χ0n) is 24.0. The normalized spacial score (nSPS) is 19.4. The van der Waals surface area contributed by atoms with E-state index in [0.29, 0.717) is 42.2 Å². The lowest BCUT2D eigenvalue weighted by atomic mass is 10.0. The number of imidazole rings is 1. The molecule has 10 nitrogen and oxygen atoms in total. The van der Waals surface area contributed by atoms with Crippen molar-refractivity contribution in [3.63, 3.8) is 0 Å². The second kappa shape index (κ2) is 10.9. The van der Waals surface area contributed by atoms with E-state index in [2.05, 4.69) is 36.9 Å². The van der Waals surface area contributed by atoms with Crippen molar-refractivity contribution >= 4 is 28.7 Å². The summed E-state index contributed by atoms with van der Waals surface area (Å²) in [5.74, 6) is 6.64. The molecular formula is C32H33FN8O2. The van der Waals surface area contributed by atoms with Crippen LogP contribution in [0.15, 0.2) is 48.9 Å². The number of nitrogens with zero attached hydrogens (tertiary/aromatic N) is 6. The predicted molar refractivity (Wildman–Crippen MR) is 162 cm³/mol. The predicted octanol–water partition coefficient (Wildman–Crippen LogP) is 4.15. The molecule has 3 aliphatic rings. The molecule has 2 saturated heterocycles. The first-order valence-electron chi connectivity index (χ1n) is 14.6. The molecule has 1 atom stereocenters. The average Bonchev–Trinajstić information content (AvgIpc) is 3.52. The fourth-order valence-corrected chi connectivity index (χ4v) is 6.34. The lowest BCUT2D eigenvalue weighted by Crippen LogP contribution is -2.36. The van der Waals surface area contributed by atoms with Crippen LogP contribution < -0.4 is 16.0 Å². The molecule has 0 radical (unpaired) electrons. The molecule has 220 valence electrons. The number of hydrogen-bond acceptors (Lipinski definition) is 8. The SMILES string of the molecule is CC#CCN1CC2(CC2)C[C@H]1c1nc(-c2ccc(C(=O)Nc3cc(N4CCOCC4)ccn3)cc2F)c2c(N)nccn12. The molecule has 1 aliphatic carbocycles. The highest BCUT2D eigenvalue weighted by Gasteiger charge is 2.53. The highest BCUT2D eigenvalue weighted by atomic mass is 19.1. The summed E-state index contributed by atoms with van der Waals surface area (Å²) in [5, 5.41) is 2.80. The maximum Gasteiger partial charge on any atom is 0.256 e. The third-order valence-electron chi connectivity index (χ3n) is 8.78. The molecule has 1 saturated carbocycles. The molecule has 11 heteroatoms. The molecule has 7 rings (SSSR count). The van der Waals surface area contributed by atoms with Crippen LogP contribution in [0.1, 0.15) is 48.4 Å². The molecule has 2 aliphatic heterocycles. The number of hydrogen-bond donors (Lipinski definition) is 2. The minimum atomic E-state index is -0.573. The summed E-state index contributed by atoms with van der Waals surface area (Å²) in [6.07, 6.45) is 8.49. The summed E-state index contributed by atoms with van der Waals surface area (Å²) in [6, 6.07) is 8.14. The van der Waals surface area contributed by atoms with Crippen LogP contribution in [0.25, 0.3) is 16.8 Å². The van der Waals surface area contributed by atoms with Crippen LogP contribution in [-0.4, -0.2) is 69.6 Å². The number of pyridine rings is 1. The maximum atomic E-state index is 15.8. The van der Waals surface area contributed by atoms with Gasteiger partial charge in [0.25, 0.3) is 5.91 Å². The van der Waals surface area contributed by atoms with E-state index in [4.69, 9.17) is 15.5 Å². The van der Waals surface area contributed by atoms with Crippen LogP contribution in [0.2, 0.25) is 0 Å². The van der Waals surface area contributed by atoms with Crippen molar-refractivity contribution in [3.8, 4) is 23.1 Å². The molecule has 0 bridgehead atoms. The van der Waals surface area contributed by atoms with Crippen molar-refractivity contribution in [1.82, 2.24) is 24.3 Å². The van der Waals surface area contributed by atoms with Crippen molar-refractivity contribution < 1.29 is 13.9 Å². The Morgan fingerprint density at radius 1 is 1.19 bits per heavy atom. The van der Waals surface area contributed by atoms with Gasteiger partial charge in [-0.25, -0.2) is 19.3 Å². The quantitative estimate of drug-likeness (QED) is 0.327. The van der Waals surface area contributed by atoms with Crippen LogP contribution in [-0.2, 0) is 4.74 Å². The number of fused-ring (bicyclic) bond motifs is 1. The number of amides is 1. The van der Waals surface area contributed by atoms with E-state index in [0.717, 1.165) is 37.6 Å². The van der Waals surface area contributed by atoms with Crippen molar-refractivity contribution in [3.05, 3.63) is 66.1 Å². The van der Waals surface area contributed by atoms with Gasteiger partial charge in [-0.3, -0.25) is 14.1 Å². The van der Waals surface area contributed by atoms with Gasteiger partial charge in [0, 0.05) is 61.1 Å². The summed E-state index contributed by atoms with van der Waals surface area (Å²) in [5.41, 5.74) is 8.99. The summed E-state index contributed by atoms with van der Waals surface area (Å²) in [7, 11) is 0. The molecule has 3 N–H and O–H groups in total. The molecule has 5 heterocycles. The van der Waals surface area contributed by atoms with Gasteiger partial charge in [0.1, 0.15) is 34.5 Å². The van der Waals surface area contributed by atoms with E-state index in [-0.39, 0.29) is 23.0 Å². The number of ether oxygens (including phenoxy) is 1. The number of carbonyl (C=O) groups excluding carboxylic acids is 1. The Morgan fingerprint density at radius 3 is 2.79 bits per heavy atom. The number of nitrogens with two attached hydrogens (primary N) is 1. The highest BCUT2D eigenvalue weighted by molar-refractivity contribution is 6.04. The van der Waals surface area contributed by atoms with Gasteiger partial charge >= 0.3 is 0 Å². The molecule has 1 spiro atoms. The first-order valence-corrected chi connectivity index (χ1v) is 14.6. The Balaban J connectivity index is 1.18. The molecule has 43 heavy (non-hydrogen) atoms. The number of benzene rings is 1. The number of nitrogen functional groups attached to an aromatic ring is 1. The molecule has 3 fully saturated rings. The van der Waals surface area contributed by atoms with Crippen LogP contribution in [0.5, 0.6) is 0 Å². The Morgan fingerprint density at radius 2 is 2.02 bits per heavy atom. The maximum absolute atomic E-state index is 15.8. The standard InChI is InChI=1S/C32H33FN8O2/c1-2-3-11-40-20-32(7-8-32)19-25(40)30-38-27(28-29(34)36-10-12-41(28)30)23-5-4-21(17-24(23)33)31(42)37-26-18-22(6-9-35-26)39-13-15-43-16-14-39/h4-6,9-10,12,17-18,25H,7-8,11,13-16,19-20H2,1H3,(H2,34,36)(H,35,37,42)/t25-/m0/s1. The van der Waals surface area contributed by atoms with E-state index in [1.165, 1.54) is 18.9 Å². The fourth-order valence-electron chi connectivity index (χ4n) is 6.34. The molecule has 0 unspecified atom stereocenters. The van der Waals surface area contributed by atoms with Crippen molar-refractivity contribution in [2.45, 2.75) is 32.2 Å². The number of aromatic nitrogens is 4. The molecule has 3 aromatic heterocycles. The summed E-state index contributed by atoms with van der Waals surface area (Å²) < 4.78 is 23.2. The first-order chi connectivity index (χ1) is 20.9. The van der Waals surface area contributed by atoms with Gasteiger partial charge in [-0.2, -0.15) is 0 Å². The van der Waals surface area contributed by atoms with Gasteiger partial charge < -0.3 is 20.7 Å². The molecule has 1 aromatic carbocycles. The van der Waals surface area contributed by atoms with E-state index in [1.807, 2.05) is 29.7 Å². The zero-order valence-corrected chi connectivity index (χ0v) is 24.0. The monoisotopic (exact) mass is 580 g/mol. The van der Waals surface area contributed by atoms with Gasteiger partial charge in [-0.05, 0) is 55.9 Å². The lowest BCUT2D eigenvalue weighted by molar-refractivity contribution is 0.102. The summed E-state index contributed by atoms with van der Waals surface area (Å²) >= 11 is 0. The van der Waals surface area contributed by atoms with Gasteiger partial charge in [0.15, 0.2) is 0 Å². The summed E-state index contributed by atoms with van der Waals surface area (Å²) in [4.78, 5) is 31.2. The zero-order chi connectivity index (χ0) is 29.6. The van der Waals surface area contributed by atoms with Gasteiger partial charge in [-0.15, -0.1) is 5.92 Å². The molecular weight excluding hydrogens is 547 g/mol. The average molecular weight is 581 g/mol. The Labute approximate surface area is 249 Å². The number of nitrogens with one attached hydrogen (secondary N) is 1. The number of rotatable bonds is 6. The Hall–Kier alpha value is -4.53. The number of carbonyl (C=O) groups is 1. The highest BCUT2D eigenvalue weighted by Crippen LogP contribution is 2.58. The third-order valence-corrected chi connectivity index (χ3v) is 8.78. The fraction of sp³-hybridized carbons (Fsp3) is 0.375. The third kappa shape index (κ3) is 5.17. The van der Waals surface area contributed by atoms with Gasteiger partial charge in [-0.1, -0.05) is 5.92 Å². The summed E-state index contributed by atoms with van der Waals surface area (Å²) in [6.45, 7) is 6.30. The minimum Gasteiger partial charge on any atom is -0.382 e. The van der Waals surface area contributed by atoms with Crippen LogP contribution in [0.4, 0.5) is 21.7 Å². The largest absolute Gasteiger partial charge is 0.382 e. The minimum absolute atomic E-state index is 0.0280. The lowest BCUT2D eigenvalue weighted by Gasteiger charge is -2.28. The van der Waals surface area contributed by atoms with Crippen molar-refractivity contribution in [2.75, 3.05) is 55.3 Å². The topological polar surface area (TPSA) is 114 Å². The Bertz CT molecular complexity index is 1770. The van der Waals surface area contributed by atoms with Gasteiger partial charge in [0.05, 0.1) is 25.8 Å². The van der Waals surface area contributed by atoms with E-state index in [9.17, 15) is 4.79 Å². The first kappa shape index (κ1) is 27.3. The Kier molecular flexibility index (Phi) is 6.95. The van der Waals surface area contributed by atoms with Gasteiger partial charge in [0.2, 0.25) is 0 Å². The number of likely N-dealkylation sites (tertiary alicyclic amines) is 1.